The van der Waals surface area contributed by atoms with E-state index in [1.165, 1.54) is 13.2 Å². The van der Waals surface area contributed by atoms with Gasteiger partial charge in [0.15, 0.2) is 13.6 Å². The van der Waals surface area contributed by atoms with E-state index in [0.29, 0.717) is 0 Å². The first-order valence-corrected chi connectivity index (χ1v) is 14.3. The highest BCUT2D eigenvalue weighted by atomic mass is 127. The number of carbonyl (C=O) groups excluding carboxylic acids is 4. The molecule has 2 rings (SSSR count). The van der Waals surface area contributed by atoms with Crippen LogP contribution in [0.2, 0.25) is 0 Å². The Morgan fingerprint density at radius 3 is 1.57 bits per heavy atom. The largest absolute Gasteiger partial charge is 0.467 e. The average molecular weight is 806 g/mol. The molecule has 0 aliphatic rings. The quantitative estimate of drug-likeness (QED) is 0.0730. The Labute approximate surface area is 263 Å². The lowest BCUT2D eigenvalue weighted by Gasteiger charge is -2.10. The van der Waals surface area contributed by atoms with E-state index < -0.39 is 23.7 Å². The van der Waals surface area contributed by atoms with Crippen LogP contribution in [0, 0.1) is 3.57 Å². The zero-order chi connectivity index (χ0) is 30.5. The molecule has 0 radical (unpaired) electrons. The molecule has 0 aliphatic carbocycles. The van der Waals surface area contributed by atoms with E-state index in [1.807, 2.05) is 18.2 Å². The van der Waals surface area contributed by atoms with Crippen LogP contribution >= 0.6 is 54.5 Å². The molecule has 0 aromatic heterocycles. The van der Waals surface area contributed by atoms with Crippen molar-refractivity contribution < 1.29 is 52.3 Å². The normalized spacial score (nSPS) is 9.60. The number of esters is 3. The minimum absolute atomic E-state index is 0.0143. The molecule has 0 spiro atoms. The molecule has 0 aliphatic heterocycles. The Morgan fingerprint density at radius 1 is 0.675 bits per heavy atom. The van der Waals surface area contributed by atoms with E-state index in [-0.39, 0.29) is 44.7 Å². The van der Waals surface area contributed by atoms with E-state index >= 15 is 0 Å². The lowest BCUT2D eigenvalue weighted by atomic mass is 10.1. The maximum Gasteiger partial charge on any atom is 0.417 e. The fourth-order valence-corrected chi connectivity index (χ4v) is 3.49. The summed E-state index contributed by atoms with van der Waals surface area (Å²) in [6, 6.07) is 10.6. The highest BCUT2D eigenvalue weighted by Gasteiger charge is 2.22. The van der Waals surface area contributed by atoms with Gasteiger partial charge in [-0.3, -0.25) is 4.79 Å². The maximum absolute atomic E-state index is 11.8. The fourth-order valence-electron chi connectivity index (χ4n) is 2.32. The van der Waals surface area contributed by atoms with Gasteiger partial charge in [-0.25, -0.2) is 14.4 Å². The van der Waals surface area contributed by atoms with Gasteiger partial charge in [0.25, 0.3) is 5.78 Å². The summed E-state index contributed by atoms with van der Waals surface area (Å²) in [7, 11) is 3.07. The van der Waals surface area contributed by atoms with Crippen LogP contribution in [0.15, 0.2) is 45.3 Å². The highest BCUT2D eigenvalue weighted by Crippen LogP contribution is 2.25. The number of rotatable bonds is 11. The first kappa shape index (κ1) is 37.7. The van der Waals surface area contributed by atoms with Crippen molar-refractivity contribution in [3.63, 3.8) is 0 Å². The number of methoxy groups -OCH3 is 2. The Balaban J connectivity index is 0.000000603. The summed E-state index contributed by atoms with van der Waals surface area (Å²) in [5, 5.41) is 0. The zero-order valence-electron chi connectivity index (χ0n) is 22.6. The van der Waals surface area contributed by atoms with E-state index in [1.54, 1.807) is 40.0 Å². The van der Waals surface area contributed by atoms with Crippen LogP contribution < -0.4 is 9.47 Å². The molecule has 0 N–H and O–H groups in total. The Bertz CT molecular complexity index is 1080. The molecule has 0 amide bonds. The van der Waals surface area contributed by atoms with Crippen LogP contribution in [0.3, 0.4) is 0 Å². The minimum atomic E-state index is -0.927. The molecule has 14 heteroatoms. The second-order valence-corrected chi connectivity index (χ2v) is 9.80. The van der Waals surface area contributed by atoms with Gasteiger partial charge >= 0.3 is 17.9 Å². The van der Waals surface area contributed by atoms with Crippen LogP contribution in [-0.2, 0) is 38.1 Å². The number of hydrogen-bond acceptors (Lipinski definition) is 11. The van der Waals surface area contributed by atoms with E-state index in [4.69, 9.17) is 18.9 Å². The number of ketones is 1. The molecule has 0 fully saturated rings. The molecule has 0 unspecified atom stereocenters. The van der Waals surface area contributed by atoms with Gasteiger partial charge in [0.2, 0.25) is 0 Å². The Hall–Kier alpha value is -2.27. The summed E-state index contributed by atoms with van der Waals surface area (Å²) in [6.07, 6.45) is 0. The highest BCUT2D eigenvalue weighted by molar-refractivity contribution is 14.1. The van der Waals surface area contributed by atoms with Gasteiger partial charge in [-0.15, -0.1) is 0 Å². The van der Waals surface area contributed by atoms with Crippen molar-refractivity contribution in [1.29, 1.82) is 0 Å². The van der Waals surface area contributed by atoms with Gasteiger partial charge in [-0.1, -0.05) is 31.9 Å². The smallest absolute Gasteiger partial charge is 0.417 e. The molecule has 222 valence electrons. The summed E-state index contributed by atoms with van der Waals surface area (Å²) in [5.74, 6) is -2.39. The molecule has 0 atom stereocenters. The van der Waals surface area contributed by atoms with Gasteiger partial charge < -0.3 is 33.2 Å². The molecule has 0 saturated carbocycles. The molecule has 11 nitrogen and oxygen atoms in total. The summed E-state index contributed by atoms with van der Waals surface area (Å²) < 4.78 is 36.3. The van der Waals surface area contributed by atoms with Crippen molar-refractivity contribution in [2.45, 2.75) is 20.8 Å². The number of hydrogen-bond donors (Lipinski definition) is 0. The third kappa shape index (κ3) is 15.5. The monoisotopic (exact) mass is 804 g/mol. The number of Topliss-reactive ketones (excluding diaryl/α,β-unsaturated/α-hetero) is 1. The Morgan fingerprint density at radius 2 is 1.10 bits per heavy atom. The second kappa shape index (κ2) is 22.4. The SMILES string of the molecule is CCOC(=O)C(=O)OCC.CCOC(=O)C(=O)c1ccc(Br)cc1OCOC.COCOc1cc(Br)ccc1I. The van der Waals surface area contributed by atoms with Gasteiger partial charge in [0.05, 0.1) is 29.0 Å². The van der Waals surface area contributed by atoms with Crippen LogP contribution in [-0.4, -0.2) is 71.3 Å². The predicted molar refractivity (Wildman–Crippen MR) is 160 cm³/mol. The number of benzene rings is 2. The molecule has 2 aromatic carbocycles. The third-order valence-corrected chi connectivity index (χ3v) is 5.80. The molecule has 0 saturated heterocycles. The van der Waals surface area contributed by atoms with Crippen LogP contribution in [0.4, 0.5) is 0 Å². The van der Waals surface area contributed by atoms with Gasteiger partial charge in [0, 0.05) is 23.2 Å². The molecule has 40 heavy (non-hydrogen) atoms. The van der Waals surface area contributed by atoms with Crippen molar-refractivity contribution >= 4 is 78.1 Å². The third-order valence-electron chi connectivity index (χ3n) is 3.92. The number of halogens is 3. The van der Waals surface area contributed by atoms with Crippen molar-refractivity contribution in [1.82, 2.24) is 0 Å². The second-order valence-electron chi connectivity index (χ2n) is 6.81. The summed E-state index contributed by atoms with van der Waals surface area (Å²) in [4.78, 5) is 44.1. The van der Waals surface area contributed by atoms with Crippen LogP contribution in [0.5, 0.6) is 11.5 Å². The molecule has 2 aromatic rings. The van der Waals surface area contributed by atoms with Crippen molar-refractivity contribution in [3.05, 3.63) is 54.5 Å². The molecular formula is C26H31Br2IO11. The van der Waals surface area contributed by atoms with Crippen molar-refractivity contribution in [2.24, 2.45) is 0 Å². The average Bonchev–Trinajstić information content (AvgIpc) is 2.93. The number of carbonyl (C=O) groups is 4. The maximum atomic E-state index is 11.8. The first-order chi connectivity index (χ1) is 19.1. The molecule has 0 bridgehead atoms. The predicted octanol–water partition coefficient (Wildman–Crippen LogP) is 5.33. The molecule has 0 heterocycles. The summed E-state index contributed by atoms with van der Waals surface area (Å²) >= 11 is 8.84. The van der Waals surface area contributed by atoms with Gasteiger partial charge in [-0.2, -0.15) is 0 Å². The topological polar surface area (TPSA) is 133 Å². The van der Waals surface area contributed by atoms with Gasteiger partial charge in [0.1, 0.15) is 11.5 Å². The fraction of sp³-hybridized carbons (Fsp3) is 0.385. The first-order valence-electron chi connectivity index (χ1n) is 11.6. The van der Waals surface area contributed by atoms with Crippen LogP contribution in [0.25, 0.3) is 0 Å². The van der Waals surface area contributed by atoms with E-state index in [2.05, 4.69) is 68.7 Å². The van der Waals surface area contributed by atoms with Crippen molar-refractivity contribution in [3.8, 4) is 11.5 Å². The van der Waals surface area contributed by atoms with E-state index in [0.717, 1.165) is 18.3 Å². The number of ether oxygens (including phenoxy) is 7. The summed E-state index contributed by atoms with van der Waals surface area (Å²) in [6.45, 7) is 5.68. The zero-order valence-corrected chi connectivity index (χ0v) is 28.0. The summed E-state index contributed by atoms with van der Waals surface area (Å²) in [5.41, 5.74) is 0.147. The van der Waals surface area contributed by atoms with Crippen LogP contribution in [0.1, 0.15) is 31.1 Å². The molecular weight excluding hydrogens is 775 g/mol. The lowest BCUT2D eigenvalue weighted by molar-refractivity contribution is -0.167. The van der Waals surface area contributed by atoms with E-state index in [9.17, 15) is 19.2 Å². The minimum Gasteiger partial charge on any atom is -0.467 e. The van der Waals surface area contributed by atoms with Crippen molar-refractivity contribution in [2.75, 3.05) is 47.6 Å². The standard InChI is InChI=1S/C12H13BrO5.C8H8BrIO2.C6H10O4/c1-3-17-12(15)11(14)9-5-4-8(13)6-10(9)18-7-16-2;1-11-5-12-8-4-6(9)2-3-7(8)10;1-3-9-5(7)6(8)10-4-2/h4-6H,3,7H2,1-2H3;2-4H,5H2,1H3;3-4H2,1-2H3. The van der Waals surface area contributed by atoms with Gasteiger partial charge in [-0.05, 0) is 79.8 Å². The lowest BCUT2D eigenvalue weighted by Crippen LogP contribution is -2.19. The Kier molecular flexibility index (Phi) is 21.2.